The van der Waals surface area contributed by atoms with Gasteiger partial charge in [0.2, 0.25) is 10.0 Å². The summed E-state index contributed by atoms with van der Waals surface area (Å²) in [6, 6.07) is 9.90. The molecule has 3 heterocycles. The van der Waals surface area contributed by atoms with Gasteiger partial charge >= 0.3 is 0 Å². The standard InChI is InChI=1S/C18H18N4O3S2/c23-17(21-18-20-16(12-26-18)15-7-4-8-19-15)13-5-3-6-14(11-13)27(24,25)22-9-1-2-10-22/h3-8,11-12,19H,1-2,9-10H2,(H,20,21,23). The number of nitrogens with zero attached hydrogens (tertiary/aromatic N) is 2. The van der Waals surface area contributed by atoms with E-state index in [9.17, 15) is 13.2 Å². The van der Waals surface area contributed by atoms with Crippen molar-refractivity contribution in [3.05, 3.63) is 53.5 Å². The lowest BCUT2D eigenvalue weighted by Gasteiger charge is -2.15. The van der Waals surface area contributed by atoms with E-state index < -0.39 is 10.0 Å². The minimum absolute atomic E-state index is 0.142. The van der Waals surface area contributed by atoms with Crippen LogP contribution in [0.15, 0.2) is 52.9 Å². The highest BCUT2D eigenvalue weighted by molar-refractivity contribution is 7.89. The summed E-state index contributed by atoms with van der Waals surface area (Å²) in [6.07, 6.45) is 3.54. The van der Waals surface area contributed by atoms with Crippen LogP contribution in [0.4, 0.5) is 5.13 Å². The maximum absolute atomic E-state index is 12.7. The summed E-state index contributed by atoms with van der Waals surface area (Å²) in [5, 5.41) is 5.03. The van der Waals surface area contributed by atoms with Gasteiger partial charge in [0.1, 0.15) is 0 Å². The largest absolute Gasteiger partial charge is 0.360 e. The molecule has 0 atom stereocenters. The Labute approximate surface area is 161 Å². The number of rotatable bonds is 5. The molecule has 4 rings (SSSR count). The number of H-pyrrole nitrogens is 1. The maximum Gasteiger partial charge on any atom is 0.257 e. The van der Waals surface area contributed by atoms with Crippen LogP contribution in [-0.4, -0.2) is 41.7 Å². The van der Waals surface area contributed by atoms with Gasteiger partial charge in [0.05, 0.1) is 16.3 Å². The number of amides is 1. The van der Waals surface area contributed by atoms with Gasteiger partial charge in [-0.05, 0) is 43.2 Å². The normalized spacial score (nSPS) is 15.1. The predicted octanol–water partition coefficient (Wildman–Crippen LogP) is 3.18. The Balaban J connectivity index is 1.53. The third-order valence-corrected chi connectivity index (χ3v) is 7.05. The van der Waals surface area contributed by atoms with Crippen LogP contribution in [0.25, 0.3) is 11.4 Å². The first kappa shape index (κ1) is 17.9. The fourth-order valence-electron chi connectivity index (χ4n) is 2.99. The third kappa shape index (κ3) is 3.66. The molecule has 1 aliphatic rings. The van der Waals surface area contributed by atoms with E-state index >= 15 is 0 Å². The molecule has 1 fully saturated rings. The molecule has 1 saturated heterocycles. The van der Waals surface area contributed by atoms with Crippen molar-refractivity contribution in [1.82, 2.24) is 14.3 Å². The average Bonchev–Trinajstić information content (AvgIpc) is 3.42. The molecule has 0 saturated carbocycles. The van der Waals surface area contributed by atoms with Gasteiger partial charge in [-0.15, -0.1) is 11.3 Å². The number of hydrogen-bond donors (Lipinski definition) is 2. The van der Waals surface area contributed by atoms with Crippen LogP contribution in [0.1, 0.15) is 23.2 Å². The van der Waals surface area contributed by atoms with E-state index in [1.807, 2.05) is 17.5 Å². The zero-order valence-corrected chi connectivity index (χ0v) is 16.0. The fraction of sp³-hybridized carbons (Fsp3) is 0.222. The van der Waals surface area contributed by atoms with Crippen molar-refractivity contribution >= 4 is 32.4 Å². The molecule has 27 heavy (non-hydrogen) atoms. The van der Waals surface area contributed by atoms with Crippen LogP contribution in [0.5, 0.6) is 0 Å². The number of thiazole rings is 1. The Morgan fingerprint density at radius 2 is 2.00 bits per heavy atom. The highest BCUT2D eigenvalue weighted by Crippen LogP contribution is 2.25. The van der Waals surface area contributed by atoms with Crippen molar-refractivity contribution in [2.75, 3.05) is 18.4 Å². The minimum Gasteiger partial charge on any atom is -0.360 e. The summed E-state index contributed by atoms with van der Waals surface area (Å²) in [5.74, 6) is -0.388. The molecule has 140 valence electrons. The lowest BCUT2D eigenvalue weighted by Crippen LogP contribution is -2.28. The first-order valence-corrected chi connectivity index (χ1v) is 10.9. The molecule has 9 heteroatoms. The summed E-state index contributed by atoms with van der Waals surface area (Å²) < 4.78 is 26.8. The molecule has 1 aromatic carbocycles. The second-order valence-corrected chi connectivity index (χ2v) is 9.01. The van der Waals surface area contributed by atoms with Crippen molar-refractivity contribution < 1.29 is 13.2 Å². The van der Waals surface area contributed by atoms with Gasteiger partial charge in [-0.2, -0.15) is 4.31 Å². The van der Waals surface area contributed by atoms with Gasteiger partial charge in [0, 0.05) is 30.2 Å². The van der Waals surface area contributed by atoms with Crippen LogP contribution in [0.3, 0.4) is 0 Å². The second kappa shape index (κ2) is 7.26. The van der Waals surface area contributed by atoms with E-state index in [-0.39, 0.29) is 16.4 Å². The van der Waals surface area contributed by atoms with Crippen LogP contribution in [0, 0.1) is 0 Å². The fourth-order valence-corrected chi connectivity index (χ4v) is 5.26. The number of carbonyl (C=O) groups is 1. The zero-order valence-electron chi connectivity index (χ0n) is 14.4. The molecule has 0 radical (unpaired) electrons. The topological polar surface area (TPSA) is 95.2 Å². The molecule has 2 N–H and O–H groups in total. The van der Waals surface area contributed by atoms with E-state index in [2.05, 4.69) is 15.3 Å². The molecule has 0 unspecified atom stereocenters. The van der Waals surface area contributed by atoms with E-state index in [0.29, 0.717) is 18.2 Å². The molecule has 3 aromatic rings. The van der Waals surface area contributed by atoms with E-state index in [4.69, 9.17) is 0 Å². The van der Waals surface area contributed by atoms with E-state index in [1.54, 1.807) is 18.3 Å². The van der Waals surface area contributed by atoms with Gasteiger partial charge in [-0.1, -0.05) is 6.07 Å². The summed E-state index contributed by atoms with van der Waals surface area (Å²) in [6.45, 7) is 1.05. The monoisotopic (exact) mass is 402 g/mol. The molecular weight excluding hydrogens is 384 g/mol. The smallest absolute Gasteiger partial charge is 0.257 e. The lowest BCUT2D eigenvalue weighted by atomic mass is 10.2. The number of carbonyl (C=O) groups excluding carboxylic acids is 1. The van der Waals surface area contributed by atoms with Gasteiger partial charge < -0.3 is 4.98 Å². The van der Waals surface area contributed by atoms with Gasteiger partial charge in [0.25, 0.3) is 5.91 Å². The number of aromatic amines is 1. The zero-order chi connectivity index (χ0) is 18.9. The molecule has 1 amide bonds. The van der Waals surface area contributed by atoms with E-state index in [1.165, 1.54) is 27.8 Å². The van der Waals surface area contributed by atoms with Gasteiger partial charge in [0.15, 0.2) is 5.13 Å². The number of aromatic nitrogens is 2. The summed E-state index contributed by atoms with van der Waals surface area (Å²) in [4.78, 5) is 20.1. The summed E-state index contributed by atoms with van der Waals surface area (Å²) >= 11 is 1.31. The maximum atomic E-state index is 12.7. The molecular formula is C18H18N4O3S2. The molecule has 0 spiro atoms. The van der Waals surface area contributed by atoms with Gasteiger partial charge in [-0.3, -0.25) is 10.1 Å². The summed E-state index contributed by atoms with van der Waals surface area (Å²) in [7, 11) is -3.56. The van der Waals surface area contributed by atoms with E-state index in [0.717, 1.165) is 24.2 Å². The summed E-state index contributed by atoms with van der Waals surface area (Å²) in [5.41, 5.74) is 1.89. The first-order chi connectivity index (χ1) is 13.0. The van der Waals surface area contributed by atoms with Crippen molar-refractivity contribution in [3.63, 3.8) is 0 Å². The highest BCUT2D eigenvalue weighted by Gasteiger charge is 2.27. The lowest BCUT2D eigenvalue weighted by molar-refractivity contribution is 0.102. The highest BCUT2D eigenvalue weighted by atomic mass is 32.2. The Kier molecular flexibility index (Phi) is 4.81. The van der Waals surface area contributed by atoms with Crippen molar-refractivity contribution in [2.45, 2.75) is 17.7 Å². The number of hydrogen-bond acceptors (Lipinski definition) is 5. The average molecular weight is 403 g/mol. The number of benzene rings is 1. The predicted molar refractivity (Wildman–Crippen MR) is 104 cm³/mol. The Hall–Kier alpha value is -2.49. The van der Waals surface area contributed by atoms with Gasteiger partial charge in [-0.25, -0.2) is 13.4 Å². The Bertz CT molecular complexity index is 1050. The number of nitrogens with one attached hydrogen (secondary N) is 2. The number of anilines is 1. The Morgan fingerprint density at radius 1 is 1.19 bits per heavy atom. The van der Waals surface area contributed by atoms with Crippen LogP contribution in [0.2, 0.25) is 0 Å². The molecule has 0 bridgehead atoms. The number of sulfonamides is 1. The molecule has 1 aliphatic heterocycles. The van der Waals surface area contributed by atoms with Crippen LogP contribution < -0.4 is 5.32 Å². The molecule has 7 nitrogen and oxygen atoms in total. The molecule has 2 aromatic heterocycles. The second-order valence-electron chi connectivity index (χ2n) is 6.21. The Morgan fingerprint density at radius 3 is 2.74 bits per heavy atom. The van der Waals surface area contributed by atoms with Crippen molar-refractivity contribution in [3.8, 4) is 11.4 Å². The van der Waals surface area contributed by atoms with Crippen LogP contribution in [-0.2, 0) is 10.0 Å². The SMILES string of the molecule is O=C(Nc1nc(-c2ccc[nH]2)cs1)c1cccc(S(=O)(=O)N2CCCC2)c1. The van der Waals surface area contributed by atoms with Crippen molar-refractivity contribution in [2.24, 2.45) is 0 Å². The van der Waals surface area contributed by atoms with Crippen molar-refractivity contribution in [1.29, 1.82) is 0 Å². The quantitative estimate of drug-likeness (QED) is 0.685. The third-order valence-electron chi connectivity index (χ3n) is 4.40. The molecule has 0 aliphatic carbocycles. The minimum atomic E-state index is -3.56. The first-order valence-electron chi connectivity index (χ1n) is 8.55. The van der Waals surface area contributed by atoms with Crippen LogP contribution >= 0.6 is 11.3 Å².